The highest BCUT2D eigenvalue weighted by molar-refractivity contribution is 6.30. The maximum absolute atomic E-state index is 14.1. The lowest BCUT2D eigenvalue weighted by Gasteiger charge is -2.53. The highest BCUT2D eigenvalue weighted by Crippen LogP contribution is 2.49. The number of nitrogens with zero attached hydrogens (tertiary/aromatic N) is 4. The number of hydrogen-bond donors (Lipinski definition) is 1. The molecule has 1 N–H and O–H groups in total. The number of para-hydroxylation sites is 1. The van der Waals surface area contributed by atoms with Crippen molar-refractivity contribution in [3.05, 3.63) is 58.1 Å². The maximum atomic E-state index is 14.1. The number of nitro benzene ring substituents is 1. The van der Waals surface area contributed by atoms with Crippen LogP contribution in [0.5, 0.6) is 0 Å². The van der Waals surface area contributed by atoms with Crippen molar-refractivity contribution < 1.29 is 28.8 Å². The number of nitrogens with one attached hydrogen (secondary N) is 1. The van der Waals surface area contributed by atoms with Crippen molar-refractivity contribution >= 4 is 40.6 Å². The van der Waals surface area contributed by atoms with Crippen LogP contribution < -0.4 is 20.0 Å². The van der Waals surface area contributed by atoms with Crippen molar-refractivity contribution in [3.8, 4) is 0 Å². The molecule has 2 aromatic rings. The highest BCUT2D eigenvalue weighted by Gasteiger charge is 2.63. The van der Waals surface area contributed by atoms with E-state index in [1.807, 2.05) is 9.80 Å². The summed E-state index contributed by atoms with van der Waals surface area (Å²) in [6.45, 7) is 2.83. The Labute approximate surface area is 211 Å². The van der Waals surface area contributed by atoms with Crippen molar-refractivity contribution in [2.24, 2.45) is 5.41 Å². The predicted octanol–water partition coefficient (Wildman–Crippen LogP) is 1.46. The zero-order chi connectivity index (χ0) is 25.7. The van der Waals surface area contributed by atoms with Crippen LogP contribution in [-0.4, -0.2) is 74.9 Å². The number of benzene rings is 2. The van der Waals surface area contributed by atoms with Crippen molar-refractivity contribution in [1.29, 1.82) is 0 Å². The topological polar surface area (TPSA) is 135 Å². The van der Waals surface area contributed by atoms with E-state index >= 15 is 0 Å². The number of nitro groups is 1. The first-order valence-electron chi connectivity index (χ1n) is 12.2. The second-order valence-electron chi connectivity index (χ2n) is 9.49. The van der Waals surface area contributed by atoms with Gasteiger partial charge in [-0.25, -0.2) is 9.69 Å². The molecule has 4 aliphatic heterocycles. The molecular formula is C25H25N5O7. The molecule has 0 bridgehead atoms. The fourth-order valence-electron chi connectivity index (χ4n) is 5.86. The molecule has 0 aromatic heterocycles. The number of morpholine rings is 2. The van der Waals surface area contributed by atoms with Crippen LogP contribution >= 0.6 is 0 Å². The number of hydrogen-bond acceptors (Lipinski definition) is 9. The van der Waals surface area contributed by atoms with Gasteiger partial charge in [-0.3, -0.25) is 25.0 Å². The van der Waals surface area contributed by atoms with Gasteiger partial charge in [0.25, 0.3) is 11.6 Å². The summed E-state index contributed by atoms with van der Waals surface area (Å²) in [6, 6.07) is 10.1. The van der Waals surface area contributed by atoms with Crippen LogP contribution in [0.1, 0.15) is 5.56 Å². The molecule has 0 radical (unpaired) electrons. The predicted molar refractivity (Wildman–Crippen MR) is 132 cm³/mol. The van der Waals surface area contributed by atoms with Crippen molar-refractivity contribution in [1.82, 2.24) is 5.32 Å². The van der Waals surface area contributed by atoms with E-state index in [2.05, 4.69) is 5.32 Å². The summed E-state index contributed by atoms with van der Waals surface area (Å²) in [5.74, 6) is -1.39. The van der Waals surface area contributed by atoms with E-state index in [1.54, 1.807) is 36.4 Å². The number of carbonyl (C=O) groups is 3. The molecule has 2 aromatic carbocycles. The number of carbonyl (C=O) groups excluding carboxylic acids is 3. The summed E-state index contributed by atoms with van der Waals surface area (Å²) in [5.41, 5.74) is 0.254. The lowest BCUT2D eigenvalue weighted by molar-refractivity contribution is -0.384. The summed E-state index contributed by atoms with van der Waals surface area (Å²) in [6.07, 6.45) is -0.0988. The Balaban J connectivity index is 1.50. The normalized spacial score (nSPS) is 25.6. The molecule has 0 aliphatic carbocycles. The number of barbiturate groups is 1. The van der Waals surface area contributed by atoms with E-state index in [0.29, 0.717) is 56.4 Å². The first-order chi connectivity index (χ1) is 17.9. The molecule has 12 nitrogen and oxygen atoms in total. The molecule has 2 atom stereocenters. The van der Waals surface area contributed by atoms with E-state index in [4.69, 9.17) is 9.47 Å². The minimum Gasteiger partial charge on any atom is -0.378 e. The van der Waals surface area contributed by atoms with Gasteiger partial charge >= 0.3 is 6.03 Å². The minimum atomic E-state index is -1.70. The Bertz CT molecular complexity index is 1300. The van der Waals surface area contributed by atoms with Gasteiger partial charge in [-0.15, -0.1) is 0 Å². The summed E-state index contributed by atoms with van der Waals surface area (Å²) >= 11 is 0. The van der Waals surface area contributed by atoms with Crippen LogP contribution in [0.4, 0.5) is 27.5 Å². The number of anilines is 3. The molecule has 1 spiro atoms. The lowest BCUT2D eigenvalue weighted by Crippen LogP contribution is -2.74. The monoisotopic (exact) mass is 507 g/mol. The van der Waals surface area contributed by atoms with Gasteiger partial charge < -0.3 is 19.3 Å². The van der Waals surface area contributed by atoms with Crippen LogP contribution in [-0.2, 0) is 25.5 Å². The zero-order valence-electron chi connectivity index (χ0n) is 19.9. The van der Waals surface area contributed by atoms with Gasteiger partial charge in [0.1, 0.15) is 5.69 Å². The van der Waals surface area contributed by atoms with E-state index in [0.717, 1.165) is 10.6 Å². The Morgan fingerprint density at radius 2 is 1.70 bits per heavy atom. The molecule has 4 amide bonds. The van der Waals surface area contributed by atoms with Gasteiger partial charge in [0.2, 0.25) is 5.91 Å². The quantitative estimate of drug-likeness (QED) is 0.372. The summed E-state index contributed by atoms with van der Waals surface area (Å²) in [5, 5.41) is 14.5. The van der Waals surface area contributed by atoms with Gasteiger partial charge in [0, 0.05) is 37.8 Å². The number of ether oxygens (including phenoxy) is 2. The third-order valence-electron chi connectivity index (χ3n) is 7.63. The number of fused-ring (bicyclic) bond motifs is 4. The second kappa shape index (κ2) is 8.82. The Hall–Kier alpha value is -4.03. The van der Waals surface area contributed by atoms with Gasteiger partial charge in [-0.2, -0.15) is 0 Å². The summed E-state index contributed by atoms with van der Waals surface area (Å²) < 4.78 is 11.2. The van der Waals surface area contributed by atoms with Crippen LogP contribution in [0.2, 0.25) is 0 Å². The molecule has 3 saturated heterocycles. The zero-order valence-corrected chi connectivity index (χ0v) is 19.9. The third kappa shape index (κ3) is 3.55. The summed E-state index contributed by atoms with van der Waals surface area (Å²) in [7, 11) is 0. The molecule has 12 heteroatoms. The van der Waals surface area contributed by atoms with Gasteiger partial charge in [-0.05, 0) is 23.8 Å². The standard InChI is InChI=1S/C25H25N5O7/c31-22-25(23(32)29(24(33)26-22)17-4-2-1-3-5-17)14-16-12-20(30(34)35)19(27-6-9-36-10-7-27)13-18(16)28-8-11-37-15-21(25)28/h1-5,12-13,21H,6-11,14-15H2,(H,26,31,33)/t21-,25-/m1/s1. The van der Waals surface area contributed by atoms with Gasteiger partial charge in [-0.1, -0.05) is 18.2 Å². The van der Waals surface area contributed by atoms with Gasteiger partial charge in [0.15, 0.2) is 5.41 Å². The van der Waals surface area contributed by atoms with Crippen LogP contribution in [0.25, 0.3) is 0 Å². The van der Waals surface area contributed by atoms with Crippen molar-refractivity contribution in [2.75, 3.05) is 60.8 Å². The van der Waals surface area contributed by atoms with E-state index in [9.17, 15) is 24.5 Å². The molecule has 6 rings (SSSR count). The first kappa shape index (κ1) is 23.4. The van der Waals surface area contributed by atoms with E-state index < -0.39 is 34.2 Å². The summed E-state index contributed by atoms with van der Waals surface area (Å²) in [4.78, 5) is 57.0. The molecule has 0 saturated carbocycles. The van der Waals surface area contributed by atoms with Gasteiger partial charge in [0.05, 0.1) is 43.1 Å². The number of urea groups is 1. The SMILES string of the molecule is O=C1NC(=O)[C@]2(Cc3cc([N+](=O)[O-])c(N4CCOCC4)cc3N3CCOC[C@@H]32)C(=O)N1c1ccccc1. The average molecular weight is 508 g/mol. The van der Waals surface area contributed by atoms with Crippen molar-refractivity contribution in [2.45, 2.75) is 12.5 Å². The van der Waals surface area contributed by atoms with Crippen LogP contribution in [0.15, 0.2) is 42.5 Å². The molecule has 0 unspecified atom stereocenters. The molecule has 37 heavy (non-hydrogen) atoms. The van der Waals surface area contributed by atoms with Crippen LogP contribution in [0, 0.1) is 15.5 Å². The van der Waals surface area contributed by atoms with E-state index in [-0.39, 0.29) is 18.7 Å². The number of amides is 4. The van der Waals surface area contributed by atoms with E-state index in [1.165, 1.54) is 6.07 Å². The average Bonchev–Trinajstić information content (AvgIpc) is 2.92. The molecule has 192 valence electrons. The molecule has 3 fully saturated rings. The van der Waals surface area contributed by atoms with Crippen LogP contribution in [0.3, 0.4) is 0 Å². The number of rotatable bonds is 3. The lowest BCUT2D eigenvalue weighted by atomic mass is 9.68. The smallest absolute Gasteiger partial charge is 0.335 e. The highest BCUT2D eigenvalue weighted by atomic mass is 16.6. The Morgan fingerprint density at radius 3 is 2.43 bits per heavy atom. The fourth-order valence-corrected chi connectivity index (χ4v) is 5.86. The Morgan fingerprint density at radius 1 is 0.973 bits per heavy atom. The molecule has 4 heterocycles. The largest absolute Gasteiger partial charge is 0.378 e. The third-order valence-corrected chi connectivity index (χ3v) is 7.63. The number of imide groups is 2. The second-order valence-corrected chi connectivity index (χ2v) is 9.49. The maximum Gasteiger partial charge on any atom is 0.335 e. The van der Waals surface area contributed by atoms with Crippen molar-refractivity contribution in [3.63, 3.8) is 0 Å². The first-order valence-corrected chi connectivity index (χ1v) is 12.2. The molecular weight excluding hydrogens is 482 g/mol. The fraction of sp³-hybridized carbons (Fsp3) is 0.400. The molecule has 4 aliphatic rings. The minimum absolute atomic E-state index is 0.0952. The Kier molecular flexibility index (Phi) is 5.57.